The number of amides is 1. The molecule has 0 spiro atoms. The third-order valence-corrected chi connectivity index (χ3v) is 17.0. The Hall–Kier alpha value is -2.71. The summed E-state index contributed by atoms with van der Waals surface area (Å²) in [6, 6.07) is 7.49. The number of rotatable bonds is 10. The molecule has 0 radical (unpaired) electrons. The van der Waals surface area contributed by atoms with Gasteiger partial charge in [0.15, 0.2) is 5.78 Å². The molecule has 5 aliphatic carbocycles. The molecule has 6 rings (SSSR count). The second-order valence-corrected chi connectivity index (χ2v) is 21.0. The molecule has 55 heavy (non-hydrogen) atoms. The van der Waals surface area contributed by atoms with Crippen LogP contribution in [0.25, 0.3) is 0 Å². The van der Waals surface area contributed by atoms with E-state index in [1.165, 1.54) is 12.5 Å². The molecule has 2 N–H and O–H groups in total. The van der Waals surface area contributed by atoms with Crippen LogP contribution in [-0.4, -0.2) is 57.5 Å². The standard InChI is InChI=1S/C46H66ClNO7/c1-27(2)38-32(50)23-46(35(51)26-48(28(3)49)25-29-13-11-12-14-31(29)47)22-21-44(9)30(39(38)46)15-16-34-43(8)19-18-36(55-37(52)24-41(4,5)40(53)54)42(6,7)33(43)17-20-45(34,44)10/h11-14,27,30,33-36,51H,15-26H2,1-10H3,(H,53,54)/t30-,33-,34-,35+,36+,43+,44-,45-,46+/m1/s1. The van der Waals surface area contributed by atoms with Gasteiger partial charge in [0.1, 0.15) is 6.10 Å². The van der Waals surface area contributed by atoms with Crippen molar-refractivity contribution in [2.24, 2.45) is 56.2 Å². The number of benzene rings is 1. The first-order chi connectivity index (χ1) is 25.5. The van der Waals surface area contributed by atoms with Gasteiger partial charge in [-0.1, -0.05) is 83.8 Å². The minimum Gasteiger partial charge on any atom is -0.481 e. The number of esters is 1. The molecule has 4 saturated carbocycles. The predicted octanol–water partition coefficient (Wildman–Crippen LogP) is 9.44. The number of aliphatic hydroxyl groups is 1. The molecule has 0 unspecified atom stereocenters. The zero-order valence-electron chi connectivity index (χ0n) is 35.0. The summed E-state index contributed by atoms with van der Waals surface area (Å²) in [4.78, 5) is 53.8. The van der Waals surface area contributed by atoms with Crippen molar-refractivity contribution in [2.75, 3.05) is 6.54 Å². The number of carbonyl (C=O) groups excluding carboxylic acids is 3. The zero-order chi connectivity index (χ0) is 40.7. The lowest BCUT2D eigenvalue weighted by Crippen LogP contribution is -2.66. The highest BCUT2D eigenvalue weighted by Gasteiger charge is 2.71. The van der Waals surface area contributed by atoms with Gasteiger partial charge >= 0.3 is 11.9 Å². The number of hydrogen-bond donors (Lipinski definition) is 2. The maximum atomic E-state index is 14.2. The van der Waals surface area contributed by atoms with Crippen molar-refractivity contribution in [2.45, 2.75) is 152 Å². The molecule has 1 aromatic rings. The Morgan fingerprint density at radius 1 is 0.945 bits per heavy atom. The van der Waals surface area contributed by atoms with Crippen LogP contribution in [0, 0.1) is 56.2 Å². The van der Waals surface area contributed by atoms with Crippen molar-refractivity contribution >= 4 is 35.2 Å². The molecule has 9 atom stereocenters. The van der Waals surface area contributed by atoms with E-state index >= 15 is 0 Å². The molecule has 304 valence electrons. The minimum absolute atomic E-state index is 0.0143. The number of aliphatic hydroxyl groups excluding tert-OH is 1. The topological polar surface area (TPSA) is 121 Å². The fourth-order valence-electron chi connectivity index (χ4n) is 13.4. The Bertz CT molecular complexity index is 1770. The summed E-state index contributed by atoms with van der Waals surface area (Å²) < 4.78 is 6.16. The van der Waals surface area contributed by atoms with Gasteiger partial charge < -0.3 is 19.8 Å². The van der Waals surface area contributed by atoms with E-state index < -0.39 is 28.9 Å². The SMILES string of the molecule is CC(=O)N(Cc1ccccc1Cl)C[C@H](O)[C@@]12CC[C@]3(C)[C@H](CC[C@@H]4[C@@]5(C)CC[C@H](OC(=O)CC(C)(C)C(=O)O)C(C)(C)[C@H]5CC[C@]43C)C1=C(C(C)C)C(=O)C2. The number of ether oxygens (including phenoxy) is 1. The first kappa shape index (κ1) is 41.9. The number of fused-ring (bicyclic) bond motifs is 7. The molecule has 0 bridgehead atoms. The minimum atomic E-state index is -1.18. The lowest BCUT2D eigenvalue weighted by molar-refractivity contribution is -0.235. The quantitative estimate of drug-likeness (QED) is 0.227. The van der Waals surface area contributed by atoms with Crippen molar-refractivity contribution in [3.05, 3.63) is 46.0 Å². The number of halogens is 1. The molecule has 0 aromatic heterocycles. The third kappa shape index (κ3) is 6.61. The van der Waals surface area contributed by atoms with Crippen molar-refractivity contribution in [1.82, 2.24) is 4.90 Å². The molecular weight excluding hydrogens is 714 g/mol. The van der Waals surface area contributed by atoms with E-state index in [1.54, 1.807) is 18.7 Å². The van der Waals surface area contributed by atoms with Crippen LogP contribution in [-0.2, 0) is 30.5 Å². The van der Waals surface area contributed by atoms with E-state index in [0.717, 1.165) is 56.1 Å². The lowest BCUT2D eigenvalue weighted by Gasteiger charge is -2.72. The first-order valence-electron chi connectivity index (χ1n) is 20.8. The van der Waals surface area contributed by atoms with Crippen LogP contribution in [0.4, 0.5) is 0 Å². The molecular formula is C46H66ClNO7. The van der Waals surface area contributed by atoms with Crippen LogP contribution in [0.2, 0.25) is 5.02 Å². The van der Waals surface area contributed by atoms with Gasteiger partial charge in [-0.05, 0) is 122 Å². The highest BCUT2D eigenvalue weighted by molar-refractivity contribution is 6.31. The van der Waals surface area contributed by atoms with Crippen molar-refractivity contribution in [3.63, 3.8) is 0 Å². The van der Waals surface area contributed by atoms with Gasteiger partial charge in [-0.25, -0.2) is 0 Å². The number of ketones is 1. The number of carbonyl (C=O) groups is 4. The number of aliphatic carboxylic acids is 1. The zero-order valence-corrected chi connectivity index (χ0v) is 35.8. The first-order valence-corrected chi connectivity index (χ1v) is 21.2. The monoisotopic (exact) mass is 779 g/mol. The van der Waals surface area contributed by atoms with E-state index in [9.17, 15) is 29.4 Å². The lowest BCUT2D eigenvalue weighted by atomic mass is 9.33. The van der Waals surface area contributed by atoms with Crippen LogP contribution in [0.1, 0.15) is 139 Å². The smallest absolute Gasteiger partial charge is 0.309 e. The Labute approximate surface area is 334 Å². The van der Waals surface area contributed by atoms with Crippen molar-refractivity contribution < 1.29 is 34.1 Å². The number of allylic oxidation sites excluding steroid dienone is 1. The average molecular weight is 780 g/mol. The fraction of sp³-hybridized carbons (Fsp3) is 0.739. The maximum absolute atomic E-state index is 14.2. The summed E-state index contributed by atoms with van der Waals surface area (Å²) in [5.74, 6) is -0.481. The summed E-state index contributed by atoms with van der Waals surface area (Å²) in [6.45, 7) is 21.3. The Kier molecular flexibility index (Phi) is 10.9. The van der Waals surface area contributed by atoms with Crippen LogP contribution in [0.15, 0.2) is 35.4 Å². The third-order valence-electron chi connectivity index (χ3n) is 16.7. The molecule has 0 saturated heterocycles. The summed E-state index contributed by atoms with van der Waals surface area (Å²) in [6.07, 6.45) is 6.28. The van der Waals surface area contributed by atoms with Crippen molar-refractivity contribution in [3.8, 4) is 0 Å². The molecule has 1 amide bonds. The van der Waals surface area contributed by atoms with Gasteiger partial charge in [0, 0.05) is 42.3 Å². The van der Waals surface area contributed by atoms with E-state index in [2.05, 4.69) is 48.5 Å². The summed E-state index contributed by atoms with van der Waals surface area (Å²) in [7, 11) is 0. The van der Waals surface area contributed by atoms with Gasteiger partial charge in [0.25, 0.3) is 0 Å². The summed E-state index contributed by atoms with van der Waals surface area (Å²) >= 11 is 6.51. The largest absolute Gasteiger partial charge is 0.481 e. The van der Waals surface area contributed by atoms with Crippen molar-refractivity contribution in [1.29, 1.82) is 0 Å². The molecule has 5 aliphatic rings. The maximum Gasteiger partial charge on any atom is 0.309 e. The highest BCUT2D eigenvalue weighted by atomic mass is 35.5. The molecule has 1 aromatic carbocycles. The summed E-state index contributed by atoms with van der Waals surface area (Å²) in [5, 5.41) is 22.6. The van der Waals surface area contributed by atoms with E-state index in [-0.39, 0.29) is 64.3 Å². The molecule has 8 nitrogen and oxygen atoms in total. The van der Waals surface area contributed by atoms with Gasteiger partial charge in [0.05, 0.1) is 17.9 Å². The van der Waals surface area contributed by atoms with E-state index in [1.807, 2.05) is 24.3 Å². The molecule has 0 heterocycles. The van der Waals surface area contributed by atoms with Gasteiger partial charge in [-0.3, -0.25) is 19.2 Å². The molecule has 0 aliphatic heterocycles. The van der Waals surface area contributed by atoms with Gasteiger partial charge in [-0.2, -0.15) is 0 Å². The van der Waals surface area contributed by atoms with Crippen LogP contribution >= 0.6 is 11.6 Å². The molecule has 4 fully saturated rings. The van der Waals surface area contributed by atoms with Crippen LogP contribution in [0.5, 0.6) is 0 Å². The van der Waals surface area contributed by atoms with E-state index in [0.29, 0.717) is 36.2 Å². The normalized spacial score (nSPS) is 36.0. The second-order valence-electron chi connectivity index (χ2n) is 20.6. The number of carboxylic acid groups (broad SMARTS) is 1. The second kappa shape index (κ2) is 14.3. The molecule has 9 heteroatoms. The van der Waals surface area contributed by atoms with Gasteiger partial charge in [-0.15, -0.1) is 0 Å². The Morgan fingerprint density at radius 2 is 1.62 bits per heavy atom. The average Bonchev–Trinajstić information content (AvgIpc) is 3.40. The highest BCUT2D eigenvalue weighted by Crippen LogP contribution is 2.77. The summed E-state index contributed by atoms with van der Waals surface area (Å²) in [5.41, 5.74) is 0.654. The van der Waals surface area contributed by atoms with E-state index in [4.69, 9.17) is 16.3 Å². The van der Waals surface area contributed by atoms with Crippen LogP contribution < -0.4 is 0 Å². The number of hydrogen-bond acceptors (Lipinski definition) is 6. The Morgan fingerprint density at radius 3 is 2.24 bits per heavy atom. The van der Waals surface area contributed by atoms with Gasteiger partial charge in [0.2, 0.25) is 5.91 Å². The Balaban J connectivity index is 1.29. The predicted molar refractivity (Wildman–Crippen MR) is 214 cm³/mol. The number of carboxylic acids is 1. The van der Waals surface area contributed by atoms with Crippen LogP contribution in [0.3, 0.4) is 0 Å². The number of nitrogens with zero attached hydrogens (tertiary/aromatic N) is 1. The fourth-order valence-corrected chi connectivity index (χ4v) is 13.6. The number of Topliss-reactive ketones (excluding diaryl/α,β-unsaturated/α-hetero) is 1.